The standard InChI is InChI=1S/C25H24ClN3O3.C10H12O4.C9H7NO.C6H7ClN2/c1-14-7-9-18(25(32-4)24(14)31-3)22(29-20-12-15(2)19(26)13-28-20)17-10-8-16-6-5-11-27-21(16)23(17)30;1-12-8-5-4-7(6-11)9(13-2)10(8)14-3;11-8-5-1-3-7-4-2-6-10-9(7)8;1-4-2-6(8)9-3-5(4)7/h5-13,22,30H,1-4H3,(H,28,29);4-6H,1-3H3;1-6,11H;2-3H,1H3,(H2,8,9). The Hall–Kier alpha value is -7.55. The number of hydrogen-bond donors (Lipinski definition) is 4. The van der Waals surface area contributed by atoms with Crippen LogP contribution in [0.2, 0.25) is 10.0 Å². The van der Waals surface area contributed by atoms with Gasteiger partial charge in [0.05, 0.1) is 57.2 Å². The molecule has 16 heteroatoms. The van der Waals surface area contributed by atoms with Crippen molar-refractivity contribution >= 4 is 62.9 Å². The van der Waals surface area contributed by atoms with Crippen LogP contribution in [-0.4, -0.2) is 72.0 Å². The van der Waals surface area contributed by atoms with E-state index < -0.39 is 6.04 Å². The first kappa shape index (κ1) is 49.5. The number of pyridine rings is 4. The van der Waals surface area contributed by atoms with Gasteiger partial charge < -0.3 is 44.9 Å². The molecule has 66 heavy (non-hydrogen) atoms. The molecule has 8 rings (SSSR count). The van der Waals surface area contributed by atoms with Gasteiger partial charge in [0.25, 0.3) is 0 Å². The fraction of sp³-hybridized carbons (Fsp3) is 0.180. The number of phenols is 2. The number of benzene rings is 4. The van der Waals surface area contributed by atoms with Crippen molar-refractivity contribution in [2.45, 2.75) is 26.8 Å². The zero-order chi connectivity index (χ0) is 47.9. The van der Waals surface area contributed by atoms with Gasteiger partial charge in [-0.1, -0.05) is 71.7 Å². The second-order valence-electron chi connectivity index (χ2n) is 14.3. The van der Waals surface area contributed by atoms with Crippen molar-refractivity contribution in [1.29, 1.82) is 0 Å². The van der Waals surface area contributed by atoms with E-state index in [0.717, 1.165) is 33.0 Å². The van der Waals surface area contributed by atoms with Crippen LogP contribution in [0.15, 0.2) is 116 Å². The molecule has 8 aromatic rings. The van der Waals surface area contributed by atoms with Crippen LogP contribution in [0.25, 0.3) is 21.8 Å². The highest BCUT2D eigenvalue weighted by molar-refractivity contribution is 6.31. The van der Waals surface area contributed by atoms with Crippen LogP contribution in [0.1, 0.15) is 44.2 Å². The Morgan fingerprint density at radius 1 is 0.606 bits per heavy atom. The maximum absolute atomic E-state index is 11.2. The van der Waals surface area contributed by atoms with Gasteiger partial charge in [0, 0.05) is 46.7 Å². The molecule has 0 radical (unpaired) electrons. The number of hydrogen-bond acceptors (Lipinski definition) is 14. The second kappa shape index (κ2) is 23.4. The zero-order valence-electron chi connectivity index (χ0n) is 37.6. The minimum atomic E-state index is -0.501. The number of nitrogen functional groups attached to an aromatic ring is 1. The summed E-state index contributed by atoms with van der Waals surface area (Å²) < 4.78 is 26.6. The number of nitrogens with zero attached hydrogens (tertiary/aromatic N) is 4. The Morgan fingerprint density at radius 3 is 1.77 bits per heavy atom. The number of methoxy groups -OCH3 is 5. The van der Waals surface area contributed by atoms with Gasteiger partial charge in [-0.15, -0.1) is 0 Å². The fourth-order valence-electron chi connectivity index (χ4n) is 6.70. The van der Waals surface area contributed by atoms with E-state index >= 15 is 0 Å². The minimum Gasteiger partial charge on any atom is -0.506 e. The Balaban J connectivity index is 0.000000195. The maximum atomic E-state index is 11.2. The lowest BCUT2D eigenvalue weighted by atomic mass is 9.94. The highest BCUT2D eigenvalue weighted by atomic mass is 35.5. The van der Waals surface area contributed by atoms with Gasteiger partial charge in [0.2, 0.25) is 5.75 Å². The molecule has 14 nitrogen and oxygen atoms in total. The summed E-state index contributed by atoms with van der Waals surface area (Å²) in [6, 6.07) is 27.0. The molecular formula is C50H50Cl2N6O8. The monoisotopic (exact) mass is 932 g/mol. The van der Waals surface area contributed by atoms with E-state index in [2.05, 4.69) is 25.3 Å². The van der Waals surface area contributed by atoms with Gasteiger partial charge in [-0.3, -0.25) is 14.8 Å². The predicted octanol–water partition coefficient (Wildman–Crippen LogP) is 10.9. The van der Waals surface area contributed by atoms with Crippen LogP contribution < -0.4 is 34.7 Å². The number of nitrogens with two attached hydrogens (primary N) is 1. The fourth-order valence-corrected chi connectivity index (χ4v) is 6.91. The molecule has 1 unspecified atom stereocenters. The average Bonchev–Trinajstić information content (AvgIpc) is 3.33. The van der Waals surface area contributed by atoms with Crippen LogP contribution in [-0.2, 0) is 0 Å². The molecule has 1 atom stereocenters. The largest absolute Gasteiger partial charge is 0.506 e. The number of phenolic OH excluding ortho intramolecular Hbond substituents is 2. The molecule has 0 spiro atoms. The molecule has 0 amide bonds. The van der Waals surface area contributed by atoms with Gasteiger partial charge in [0.1, 0.15) is 34.2 Å². The van der Waals surface area contributed by atoms with Crippen LogP contribution in [0, 0.1) is 20.8 Å². The van der Waals surface area contributed by atoms with Crippen molar-refractivity contribution in [2.75, 3.05) is 46.6 Å². The van der Waals surface area contributed by atoms with Gasteiger partial charge in [-0.05, 0) is 79.9 Å². The Kier molecular flexibility index (Phi) is 17.5. The molecule has 0 aliphatic rings. The van der Waals surface area contributed by atoms with Crippen LogP contribution in [0.3, 0.4) is 0 Å². The third kappa shape index (κ3) is 11.8. The number of fused-ring (bicyclic) bond motifs is 2. The lowest BCUT2D eigenvalue weighted by Gasteiger charge is -2.25. The highest BCUT2D eigenvalue weighted by Crippen LogP contribution is 2.44. The number of carbonyl (C=O) groups is 1. The molecule has 342 valence electrons. The number of aldehydes is 1. The van der Waals surface area contributed by atoms with Crippen molar-refractivity contribution in [1.82, 2.24) is 19.9 Å². The summed E-state index contributed by atoms with van der Waals surface area (Å²) in [5.41, 5.74) is 11.2. The zero-order valence-corrected chi connectivity index (χ0v) is 39.1. The molecule has 4 aromatic carbocycles. The van der Waals surface area contributed by atoms with E-state index in [-0.39, 0.29) is 11.5 Å². The molecule has 0 bridgehead atoms. The van der Waals surface area contributed by atoms with Crippen molar-refractivity contribution in [3.63, 3.8) is 0 Å². The van der Waals surface area contributed by atoms with Gasteiger partial charge in [-0.2, -0.15) is 0 Å². The average molecular weight is 934 g/mol. The van der Waals surface area contributed by atoms with Crippen LogP contribution in [0.5, 0.6) is 40.2 Å². The maximum Gasteiger partial charge on any atom is 0.204 e. The molecule has 4 aromatic heterocycles. The number of anilines is 2. The SMILES string of the molecule is COc1c(C)ccc(C(Nc2cc(C)c(Cl)cn2)c2ccc3cccnc3c2O)c1OC.COc1ccc(C=O)c(OC)c1OC.Cc1cc(N)ncc1Cl.Oc1cccc2cccnc12. The van der Waals surface area contributed by atoms with E-state index in [1.807, 2.05) is 81.4 Å². The smallest absolute Gasteiger partial charge is 0.204 e. The second-order valence-corrected chi connectivity index (χ2v) is 15.1. The van der Waals surface area contributed by atoms with E-state index in [0.29, 0.717) is 78.9 Å². The number of nitrogens with one attached hydrogen (secondary N) is 1. The summed E-state index contributed by atoms with van der Waals surface area (Å²) >= 11 is 11.8. The lowest BCUT2D eigenvalue weighted by molar-refractivity contribution is 0.111. The van der Waals surface area contributed by atoms with E-state index in [9.17, 15) is 15.0 Å². The van der Waals surface area contributed by atoms with Gasteiger partial charge in [-0.25, -0.2) is 9.97 Å². The number of ether oxygens (including phenoxy) is 5. The number of aromatic hydroxyl groups is 2. The quantitative estimate of drug-likeness (QED) is 0.0946. The van der Waals surface area contributed by atoms with E-state index in [1.165, 1.54) is 21.3 Å². The number of para-hydroxylation sites is 1. The first-order valence-electron chi connectivity index (χ1n) is 20.1. The van der Waals surface area contributed by atoms with E-state index in [4.69, 9.17) is 52.6 Å². The molecular weight excluding hydrogens is 883 g/mol. The third-order valence-corrected chi connectivity index (χ3v) is 10.8. The number of carbonyl (C=O) groups excluding carboxylic acids is 1. The lowest BCUT2D eigenvalue weighted by Crippen LogP contribution is -2.15. The molecule has 0 aliphatic heterocycles. The Morgan fingerprint density at radius 2 is 1.20 bits per heavy atom. The highest BCUT2D eigenvalue weighted by Gasteiger charge is 2.26. The minimum absolute atomic E-state index is 0.0906. The van der Waals surface area contributed by atoms with Crippen LogP contribution >= 0.6 is 23.2 Å². The molecule has 0 saturated carbocycles. The normalized spacial score (nSPS) is 10.8. The number of halogens is 2. The van der Waals surface area contributed by atoms with Gasteiger partial charge >= 0.3 is 0 Å². The first-order chi connectivity index (χ1) is 31.8. The van der Waals surface area contributed by atoms with Gasteiger partial charge in [0.15, 0.2) is 29.3 Å². The molecule has 5 N–H and O–H groups in total. The van der Waals surface area contributed by atoms with Crippen molar-refractivity contribution in [3.05, 3.63) is 159 Å². The summed E-state index contributed by atoms with van der Waals surface area (Å²) in [6.45, 7) is 5.76. The van der Waals surface area contributed by atoms with Crippen molar-refractivity contribution in [2.24, 2.45) is 0 Å². The van der Waals surface area contributed by atoms with Crippen molar-refractivity contribution in [3.8, 4) is 40.2 Å². The molecule has 0 fully saturated rings. The van der Waals surface area contributed by atoms with Crippen molar-refractivity contribution < 1.29 is 38.7 Å². The Labute approximate surface area is 392 Å². The Bertz CT molecular complexity index is 2930. The number of rotatable bonds is 10. The summed E-state index contributed by atoms with van der Waals surface area (Å²) in [7, 11) is 7.71. The predicted molar refractivity (Wildman–Crippen MR) is 260 cm³/mol. The summed E-state index contributed by atoms with van der Waals surface area (Å²) in [5.74, 6) is 4.02. The summed E-state index contributed by atoms with van der Waals surface area (Å²) in [4.78, 5) is 27.3. The number of aryl methyl sites for hydroxylation is 3. The topological polar surface area (TPSA) is 193 Å². The van der Waals surface area contributed by atoms with Crippen LogP contribution in [0.4, 0.5) is 11.6 Å². The first-order valence-corrected chi connectivity index (χ1v) is 20.9. The summed E-state index contributed by atoms with van der Waals surface area (Å²) in [6.07, 6.45) is 7.19. The summed E-state index contributed by atoms with van der Waals surface area (Å²) in [5, 5.41) is 27.0. The molecule has 0 aliphatic carbocycles. The third-order valence-electron chi connectivity index (χ3n) is 10.0. The van der Waals surface area contributed by atoms with E-state index in [1.54, 1.807) is 69.3 Å². The molecule has 4 heterocycles. The number of aromatic nitrogens is 4. The molecule has 0 saturated heterocycles.